The molecule has 1 amide bonds. The molecule has 6 aromatic carbocycles. The number of benzene rings is 6. The number of carboxylic acids is 2. The SMILES string of the molecule is O=C(O)c1cc(Cc2ccccc2)ccc1CONc1ccc(Cc2ccc(NC(=O)c3ccc(Cc4ccccc4)cc3C(=O)O)cc2)cc1. The van der Waals surface area contributed by atoms with Crippen molar-refractivity contribution >= 4 is 29.2 Å². The van der Waals surface area contributed by atoms with Gasteiger partial charge in [-0.25, -0.2) is 9.59 Å². The third kappa shape index (κ3) is 9.35. The molecule has 254 valence electrons. The van der Waals surface area contributed by atoms with Gasteiger partial charge in [-0.3, -0.25) is 15.1 Å². The lowest BCUT2D eigenvalue weighted by Crippen LogP contribution is -2.17. The number of carbonyl (C=O) groups excluding carboxylic acids is 1. The topological polar surface area (TPSA) is 125 Å². The van der Waals surface area contributed by atoms with Gasteiger partial charge < -0.3 is 15.5 Å². The summed E-state index contributed by atoms with van der Waals surface area (Å²) in [5, 5.41) is 22.4. The van der Waals surface area contributed by atoms with Crippen molar-refractivity contribution in [1.29, 1.82) is 0 Å². The lowest BCUT2D eigenvalue weighted by molar-refractivity contribution is 0.0682. The molecule has 8 nitrogen and oxygen atoms in total. The van der Waals surface area contributed by atoms with Crippen molar-refractivity contribution in [3.8, 4) is 0 Å². The Balaban J connectivity index is 1.01. The standard InChI is InChI=1S/C43H36N2O6/c46-41(38-22-16-34(27-40(38)43(49)50)25-30-9-5-2-6-10-30)44-36-18-12-31(13-19-36)23-32-14-20-37(21-15-32)45-51-28-35-17-11-33(26-39(35)42(47)48)24-29-7-3-1-4-8-29/h1-22,26-27,45H,23-25,28H2,(H,44,46)(H,47,48)(H,49,50). The maximum absolute atomic E-state index is 13.1. The molecule has 6 aromatic rings. The Labute approximate surface area is 296 Å². The normalized spacial score (nSPS) is 10.7. The van der Waals surface area contributed by atoms with Crippen LogP contribution in [0.4, 0.5) is 11.4 Å². The van der Waals surface area contributed by atoms with E-state index in [1.54, 1.807) is 42.5 Å². The molecule has 0 fully saturated rings. The van der Waals surface area contributed by atoms with E-state index in [2.05, 4.69) is 10.8 Å². The van der Waals surface area contributed by atoms with Gasteiger partial charge in [0, 0.05) is 5.69 Å². The lowest BCUT2D eigenvalue weighted by Gasteiger charge is -2.12. The van der Waals surface area contributed by atoms with E-state index in [9.17, 15) is 24.6 Å². The molecule has 0 atom stereocenters. The fraction of sp³-hybridized carbons (Fsp3) is 0.0930. The molecule has 0 radical (unpaired) electrons. The molecule has 0 unspecified atom stereocenters. The van der Waals surface area contributed by atoms with Crippen molar-refractivity contribution in [3.05, 3.63) is 201 Å². The van der Waals surface area contributed by atoms with E-state index in [1.165, 1.54) is 0 Å². The van der Waals surface area contributed by atoms with Crippen molar-refractivity contribution in [2.24, 2.45) is 0 Å². The molecule has 0 spiro atoms. The second-order valence-corrected chi connectivity index (χ2v) is 12.2. The summed E-state index contributed by atoms with van der Waals surface area (Å²) >= 11 is 0. The predicted octanol–water partition coefficient (Wildman–Crippen LogP) is 8.65. The number of nitrogens with one attached hydrogen (secondary N) is 2. The smallest absolute Gasteiger partial charge is 0.336 e. The minimum atomic E-state index is -1.16. The van der Waals surface area contributed by atoms with Crippen LogP contribution < -0.4 is 10.8 Å². The first-order valence-corrected chi connectivity index (χ1v) is 16.5. The third-order valence-corrected chi connectivity index (χ3v) is 8.46. The summed E-state index contributed by atoms with van der Waals surface area (Å²) in [5.41, 5.74) is 11.0. The van der Waals surface area contributed by atoms with Crippen molar-refractivity contribution in [1.82, 2.24) is 0 Å². The van der Waals surface area contributed by atoms with Crippen LogP contribution in [0.1, 0.15) is 70.0 Å². The first-order chi connectivity index (χ1) is 24.8. The maximum atomic E-state index is 13.1. The Hall–Kier alpha value is -6.51. The molecule has 0 bridgehead atoms. The van der Waals surface area contributed by atoms with Gasteiger partial charge in [-0.2, -0.15) is 0 Å². The average Bonchev–Trinajstić information content (AvgIpc) is 3.14. The Kier molecular flexibility index (Phi) is 11.0. The van der Waals surface area contributed by atoms with Gasteiger partial charge in [0.1, 0.15) is 6.61 Å². The van der Waals surface area contributed by atoms with E-state index >= 15 is 0 Å². The van der Waals surface area contributed by atoms with Crippen LogP contribution in [0.3, 0.4) is 0 Å². The molecule has 0 aliphatic carbocycles. The van der Waals surface area contributed by atoms with Gasteiger partial charge >= 0.3 is 11.9 Å². The molecular weight excluding hydrogens is 640 g/mol. The van der Waals surface area contributed by atoms with E-state index < -0.39 is 17.8 Å². The van der Waals surface area contributed by atoms with Gasteiger partial charge in [-0.05, 0) is 101 Å². The van der Waals surface area contributed by atoms with E-state index in [0.717, 1.165) is 39.1 Å². The number of carboxylic acid groups (broad SMARTS) is 2. The van der Waals surface area contributed by atoms with Crippen molar-refractivity contribution < 1.29 is 29.4 Å². The van der Waals surface area contributed by atoms with Crippen molar-refractivity contribution in [2.45, 2.75) is 25.9 Å². The summed E-state index contributed by atoms with van der Waals surface area (Å²) in [4.78, 5) is 42.7. The number of rotatable bonds is 14. The number of hydrogen-bond donors (Lipinski definition) is 4. The highest BCUT2D eigenvalue weighted by atomic mass is 16.6. The fourth-order valence-corrected chi connectivity index (χ4v) is 5.83. The molecule has 0 saturated carbocycles. The zero-order valence-electron chi connectivity index (χ0n) is 27.7. The van der Waals surface area contributed by atoms with Crippen LogP contribution in [-0.4, -0.2) is 28.1 Å². The molecule has 4 N–H and O–H groups in total. The Morgan fingerprint density at radius 3 is 1.47 bits per heavy atom. The minimum absolute atomic E-state index is 0.0425. The van der Waals surface area contributed by atoms with Gasteiger partial charge in [0.15, 0.2) is 0 Å². The number of carbonyl (C=O) groups is 3. The van der Waals surface area contributed by atoms with Gasteiger partial charge in [-0.1, -0.05) is 103 Å². The third-order valence-electron chi connectivity index (χ3n) is 8.46. The Bertz CT molecular complexity index is 2130. The van der Waals surface area contributed by atoms with Crippen molar-refractivity contribution in [3.63, 3.8) is 0 Å². The van der Waals surface area contributed by atoms with Crippen LogP contribution in [0.15, 0.2) is 146 Å². The summed E-state index contributed by atoms with van der Waals surface area (Å²) in [6.45, 7) is 0.0784. The number of aromatic carboxylic acids is 2. The zero-order valence-corrected chi connectivity index (χ0v) is 27.7. The summed E-state index contributed by atoms with van der Waals surface area (Å²) in [6, 6.07) is 45.1. The fourth-order valence-electron chi connectivity index (χ4n) is 5.83. The second-order valence-electron chi connectivity index (χ2n) is 12.2. The molecule has 0 aromatic heterocycles. The van der Waals surface area contributed by atoms with Gasteiger partial charge in [0.25, 0.3) is 5.91 Å². The highest BCUT2D eigenvalue weighted by Crippen LogP contribution is 2.21. The summed E-state index contributed by atoms with van der Waals surface area (Å²) in [7, 11) is 0. The number of hydrogen-bond acceptors (Lipinski definition) is 5. The molecule has 0 aliphatic rings. The molecule has 6 rings (SSSR count). The van der Waals surface area contributed by atoms with E-state index in [1.807, 2.05) is 103 Å². The highest BCUT2D eigenvalue weighted by Gasteiger charge is 2.18. The Morgan fingerprint density at radius 2 is 0.922 bits per heavy atom. The van der Waals surface area contributed by atoms with Crippen LogP contribution in [-0.2, 0) is 30.7 Å². The Morgan fingerprint density at radius 1 is 0.471 bits per heavy atom. The van der Waals surface area contributed by atoms with Gasteiger partial charge in [0.2, 0.25) is 0 Å². The number of anilines is 2. The summed E-state index contributed by atoms with van der Waals surface area (Å²) in [6.07, 6.45) is 1.87. The van der Waals surface area contributed by atoms with E-state index in [-0.39, 0.29) is 23.3 Å². The average molecular weight is 677 g/mol. The van der Waals surface area contributed by atoms with E-state index in [4.69, 9.17) is 4.84 Å². The molecule has 0 aliphatic heterocycles. The maximum Gasteiger partial charge on any atom is 0.336 e. The minimum Gasteiger partial charge on any atom is -0.478 e. The van der Waals surface area contributed by atoms with E-state index in [0.29, 0.717) is 30.5 Å². The zero-order chi connectivity index (χ0) is 35.6. The molecule has 0 saturated heterocycles. The second kappa shape index (κ2) is 16.3. The van der Waals surface area contributed by atoms with Crippen LogP contribution in [0.25, 0.3) is 0 Å². The predicted molar refractivity (Wildman–Crippen MR) is 197 cm³/mol. The monoisotopic (exact) mass is 676 g/mol. The molecule has 8 heteroatoms. The number of amides is 1. The first-order valence-electron chi connectivity index (χ1n) is 16.5. The van der Waals surface area contributed by atoms with Gasteiger partial charge in [-0.15, -0.1) is 0 Å². The van der Waals surface area contributed by atoms with Gasteiger partial charge in [0.05, 0.1) is 22.4 Å². The lowest BCUT2D eigenvalue weighted by atomic mass is 9.98. The van der Waals surface area contributed by atoms with Crippen LogP contribution in [0.5, 0.6) is 0 Å². The van der Waals surface area contributed by atoms with Crippen molar-refractivity contribution in [2.75, 3.05) is 10.8 Å². The largest absolute Gasteiger partial charge is 0.478 e. The summed E-state index contributed by atoms with van der Waals surface area (Å²) in [5.74, 6) is -2.65. The van der Waals surface area contributed by atoms with Crippen LogP contribution >= 0.6 is 0 Å². The quantitative estimate of drug-likeness (QED) is 0.0851. The summed E-state index contributed by atoms with van der Waals surface area (Å²) < 4.78 is 0. The highest BCUT2D eigenvalue weighted by molar-refractivity contribution is 6.10. The molecule has 0 heterocycles. The first kappa shape index (κ1) is 34.4. The van der Waals surface area contributed by atoms with Crippen LogP contribution in [0, 0.1) is 0 Å². The van der Waals surface area contributed by atoms with Crippen LogP contribution in [0.2, 0.25) is 0 Å². The molecule has 51 heavy (non-hydrogen) atoms. The molecular formula is C43H36N2O6.